The number of nitrogens with zero attached hydrogens (tertiary/aromatic N) is 3. The van der Waals surface area contributed by atoms with Crippen LogP contribution in [0.1, 0.15) is 11.6 Å². The molecule has 5 heteroatoms. The fraction of sp³-hybridized carbons (Fsp3) is 0.333. The molecule has 0 saturated heterocycles. The summed E-state index contributed by atoms with van der Waals surface area (Å²) >= 11 is 0. The summed E-state index contributed by atoms with van der Waals surface area (Å²) in [6, 6.07) is 5.69. The van der Waals surface area contributed by atoms with Crippen LogP contribution in [0, 0.1) is 6.92 Å². The molecule has 0 radical (unpaired) electrons. The monoisotopic (exact) mass is 232 g/mol. The molecule has 0 fully saturated rings. The van der Waals surface area contributed by atoms with Gasteiger partial charge >= 0.3 is 0 Å². The first-order valence-electron chi connectivity index (χ1n) is 5.53. The van der Waals surface area contributed by atoms with Crippen LogP contribution in [-0.4, -0.2) is 23.6 Å². The predicted molar refractivity (Wildman–Crippen MR) is 66.3 cm³/mol. The highest BCUT2D eigenvalue weighted by Crippen LogP contribution is 2.23. The van der Waals surface area contributed by atoms with Gasteiger partial charge in [-0.3, -0.25) is 4.90 Å². The number of rotatable bonds is 4. The van der Waals surface area contributed by atoms with Gasteiger partial charge in [-0.25, -0.2) is 9.97 Å². The van der Waals surface area contributed by atoms with E-state index in [0.29, 0.717) is 13.0 Å². The third-order valence-electron chi connectivity index (χ3n) is 2.46. The molecule has 0 aliphatic carbocycles. The Morgan fingerprint density at radius 1 is 1.35 bits per heavy atom. The Labute approximate surface area is 100 Å². The van der Waals surface area contributed by atoms with Gasteiger partial charge < -0.3 is 10.2 Å². The SMILES string of the molecule is Cc1ccc(N(C)c2ccnc(CCN)n2)o1. The molecule has 90 valence electrons. The van der Waals surface area contributed by atoms with E-state index in [2.05, 4.69) is 9.97 Å². The van der Waals surface area contributed by atoms with Crippen molar-refractivity contribution in [3.63, 3.8) is 0 Å². The first-order chi connectivity index (χ1) is 8.20. The van der Waals surface area contributed by atoms with Crippen LogP contribution in [0.2, 0.25) is 0 Å². The predicted octanol–water partition coefficient (Wildman–Crippen LogP) is 1.65. The van der Waals surface area contributed by atoms with Crippen molar-refractivity contribution in [3.8, 4) is 0 Å². The number of aryl methyl sites for hydroxylation is 1. The second-order valence-electron chi connectivity index (χ2n) is 3.81. The van der Waals surface area contributed by atoms with E-state index in [1.54, 1.807) is 6.20 Å². The number of hydrogen-bond donors (Lipinski definition) is 1. The summed E-state index contributed by atoms with van der Waals surface area (Å²) in [4.78, 5) is 10.5. The number of hydrogen-bond acceptors (Lipinski definition) is 5. The first kappa shape index (κ1) is 11.6. The second-order valence-corrected chi connectivity index (χ2v) is 3.81. The van der Waals surface area contributed by atoms with E-state index in [-0.39, 0.29) is 0 Å². The lowest BCUT2D eigenvalue weighted by Crippen LogP contribution is -2.13. The van der Waals surface area contributed by atoms with E-state index in [4.69, 9.17) is 10.2 Å². The minimum atomic E-state index is 0.549. The quantitative estimate of drug-likeness (QED) is 0.868. The molecule has 2 heterocycles. The van der Waals surface area contributed by atoms with Gasteiger partial charge in [0.1, 0.15) is 17.4 Å². The van der Waals surface area contributed by atoms with E-state index in [1.165, 1.54) is 0 Å². The Morgan fingerprint density at radius 2 is 2.18 bits per heavy atom. The zero-order valence-electron chi connectivity index (χ0n) is 10.1. The lowest BCUT2D eigenvalue weighted by Gasteiger charge is -2.15. The molecule has 0 aliphatic heterocycles. The molecule has 0 bridgehead atoms. The van der Waals surface area contributed by atoms with Crippen LogP contribution in [0.15, 0.2) is 28.8 Å². The van der Waals surface area contributed by atoms with Gasteiger partial charge in [-0.05, 0) is 25.6 Å². The molecule has 0 saturated carbocycles. The highest BCUT2D eigenvalue weighted by atomic mass is 16.4. The number of aromatic nitrogens is 2. The van der Waals surface area contributed by atoms with E-state index in [1.807, 2.05) is 37.1 Å². The van der Waals surface area contributed by atoms with Gasteiger partial charge in [0, 0.05) is 25.7 Å². The van der Waals surface area contributed by atoms with Crippen LogP contribution < -0.4 is 10.6 Å². The molecular formula is C12H16N4O. The number of anilines is 2. The Hall–Kier alpha value is -1.88. The van der Waals surface area contributed by atoms with E-state index in [9.17, 15) is 0 Å². The summed E-state index contributed by atoms with van der Waals surface area (Å²) in [6.07, 6.45) is 2.42. The van der Waals surface area contributed by atoms with Gasteiger partial charge in [-0.2, -0.15) is 0 Å². The first-order valence-corrected chi connectivity index (χ1v) is 5.53. The molecule has 17 heavy (non-hydrogen) atoms. The van der Waals surface area contributed by atoms with Crippen LogP contribution in [0.5, 0.6) is 0 Å². The number of furan rings is 1. The normalized spacial score (nSPS) is 10.5. The van der Waals surface area contributed by atoms with E-state index >= 15 is 0 Å². The standard InChI is InChI=1S/C12H16N4O/c1-9-3-4-12(17-9)16(2)11-6-8-14-10(15-11)5-7-13/h3-4,6,8H,5,7,13H2,1-2H3. The van der Waals surface area contributed by atoms with E-state index < -0.39 is 0 Å². The topological polar surface area (TPSA) is 68.2 Å². The van der Waals surface area contributed by atoms with Crippen molar-refractivity contribution in [2.75, 3.05) is 18.5 Å². The van der Waals surface area contributed by atoms with Crippen molar-refractivity contribution in [2.24, 2.45) is 5.73 Å². The number of nitrogens with two attached hydrogens (primary N) is 1. The molecule has 0 unspecified atom stereocenters. The van der Waals surface area contributed by atoms with Crippen molar-refractivity contribution in [2.45, 2.75) is 13.3 Å². The Balaban J connectivity index is 2.24. The van der Waals surface area contributed by atoms with Crippen LogP contribution in [-0.2, 0) is 6.42 Å². The molecule has 0 aliphatic rings. The summed E-state index contributed by atoms with van der Waals surface area (Å²) in [7, 11) is 1.91. The van der Waals surface area contributed by atoms with Gasteiger partial charge in [-0.15, -0.1) is 0 Å². The van der Waals surface area contributed by atoms with Gasteiger partial charge in [0.15, 0.2) is 0 Å². The minimum absolute atomic E-state index is 0.549. The Bertz CT molecular complexity index is 495. The molecule has 2 rings (SSSR count). The van der Waals surface area contributed by atoms with Crippen LogP contribution in [0.25, 0.3) is 0 Å². The van der Waals surface area contributed by atoms with Crippen molar-refractivity contribution in [1.29, 1.82) is 0 Å². The van der Waals surface area contributed by atoms with Crippen LogP contribution in [0.4, 0.5) is 11.7 Å². The molecule has 5 nitrogen and oxygen atoms in total. The summed E-state index contributed by atoms with van der Waals surface area (Å²) in [5.74, 6) is 3.20. The molecule has 2 N–H and O–H groups in total. The summed E-state index contributed by atoms with van der Waals surface area (Å²) in [5, 5.41) is 0. The summed E-state index contributed by atoms with van der Waals surface area (Å²) < 4.78 is 5.54. The molecule has 2 aromatic rings. The minimum Gasteiger partial charge on any atom is -0.445 e. The second kappa shape index (κ2) is 4.97. The van der Waals surface area contributed by atoms with Gasteiger partial charge in [0.2, 0.25) is 5.88 Å². The summed E-state index contributed by atoms with van der Waals surface area (Å²) in [5.41, 5.74) is 5.49. The lowest BCUT2D eigenvalue weighted by molar-refractivity contribution is 0.537. The maximum Gasteiger partial charge on any atom is 0.200 e. The Morgan fingerprint density at radius 3 is 2.82 bits per heavy atom. The fourth-order valence-electron chi connectivity index (χ4n) is 1.54. The third-order valence-corrected chi connectivity index (χ3v) is 2.46. The van der Waals surface area contributed by atoms with Crippen LogP contribution in [0.3, 0.4) is 0 Å². The molecule has 0 spiro atoms. The van der Waals surface area contributed by atoms with Crippen molar-refractivity contribution in [3.05, 3.63) is 36.0 Å². The zero-order valence-corrected chi connectivity index (χ0v) is 10.1. The van der Waals surface area contributed by atoms with E-state index in [0.717, 1.165) is 23.3 Å². The van der Waals surface area contributed by atoms with Crippen LogP contribution >= 0.6 is 0 Å². The summed E-state index contributed by atoms with van der Waals surface area (Å²) in [6.45, 7) is 2.46. The van der Waals surface area contributed by atoms with Gasteiger partial charge in [-0.1, -0.05) is 0 Å². The Kier molecular flexibility index (Phi) is 3.39. The third kappa shape index (κ3) is 2.62. The lowest BCUT2D eigenvalue weighted by atomic mass is 10.4. The molecule has 0 aromatic carbocycles. The maximum absolute atomic E-state index is 5.54. The average Bonchev–Trinajstić information content (AvgIpc) is 2.76. The molecule has 0 amide bonds. The highest BCUT2D eigenvalue weighted by molar-refractivity contribution is 5.52. The molecular weight excluding hydrogens is 216 g/mol. The average molecular weight is 232 g/mol. The largest absolute Gasteiger partial charge is 0.445 e. The maximum atomic E-state index is 5.54. The van der Waals surface area contributed by atoms with Gasteiger partial charge in [0.25, 0.3) is 0 Å². The molecule has 2 aromatic heterocycles. The van der Waals surface area contributed by atoms with Crippen molar-refractivity contribution < 1.29 is 4.42 Å². The smallest absolute Gasteiger partial charge is 0.200 e. The van der Waals surface area contributed by atoms with Gasteiger partial charge in [0.05, 0.1) is 0 Å². The van der Waals surface area contributed by atoms with Crippen molar-refractivity contribution >= 4 is 11.7 Å². The molecule has 0 atom stereocenters. The zero-order chi connectivity index (χ0) is 12.3. The van der Waals surface area contributed by atoms with Crippen molar-refractivity contribution in [1.82, 2.24) is 9.97 Å². The highest BCUT2D eigenvalue weighted by Gasteiger charge is 2.09. The fourth-order valence-corrected chi connectivity index (χ4v) is 1.54.